The van der Waals surface area contributed by atoms with Crippen molar-refractivity contribution in [1.29, 1.82) is 0 Å². The van der Waals surface area contributed by atoms with E-state index < -0.39 is 5.82 Å². The smallest absolute Gasteiger partial charge is 0.245 e. The van der Waals surface area contributed by atoms with Crippen LogP contribution in [0.3, 0.4) is 0 Å². The molecule has 5 rings (SSSR count). The zero-order valence-corrected chi connectivity index (χ0v) is 20.4. The number of hydrogen-bond acceptors (Lipinski definition) is 10. The van der Waals surface area contributed by atoms with Gasteiger partial charge in [0.2, 0.25) is 5.95 Å². The minimum atomic E-state index is -0.469. The number of anilines is 5. The summed E-state index contributed by atoms with van der Waals surface area (Å²) in [5.74, 6) is -0.0126. The lowest BCUT2D eigenvalue weighted by molar-refractivity contribution is 0.122. The molecule has 1 atom stereocenters. The highest BCUT2D eigenvalue weighted by Gasteiger charge is 2.21. The Morgan fingerprint density at radius 3 is 2.75 bits per heavy atom. The summed E-state index contributed by atoms with van der Waals surface area (Å²) >= 11 is 0. The van der Waals surface area contributed by atoms with E-state index in [2.05, 4.69) is 73.3 Å². The van der Waals surface area contributed by atoms with Crippen molar-refractivity contribution in [1.82, 2.24) is 20.4 Å². The molecule has 0 aliphatic carbocycles. The van der Waals surface area contributed by atoms with Crippen LogP contribution in [0.5, 0.6) is 0 Å². The zero-order valence-electron chi connectivity index (χ0n) is 20.4. The molecule has 2 saturated heterocycles. The Kier molecular flexibility index (Phi) is 7.19. The van der Waals surface area contributed by atoms with E-state index >= 15 is 0 Å². The third-order valence-corrected chi connectivity index (χ3v) is 6.10. The molecule has 36 heavy (non-hydrogen) atoms. The number of aryl methyl sites for hydroxylation is 1. The maximum absolute atomic E-state index is 14.2. The van der Waals surface area contributed by atoms with Crippen LogP contribution in [-0.4, -0.2) is 60.1 Å². The quantitative estimate of drug-likeness (QED) is 0.339. The van der Waals surface area contributed by atoms with Crippen molar-refractivity contribution < 1.29 is 9.13 Å². The normalized spacial score (nSPS) is 18.1. The maximum atomic E-state index is 14.2. The first-order valence-corrected chi connectivity index (χ1v) is 12.1. The average Bonchev–Trinajstić information content (AvgIpc) is 3.32. The van der Waals surface area contributed by atoms with Crippen LogP contribution in [0.1, 0.15) is 24.6 Å². The fraction of sp³-hybridized carbons (Fsp3) is 0.360. The van der Waals surface area contributed by atoms with Gasteiger partial charge in [-0.2, -0.15) is 10.1 Å². The van der Waals surface area contributed by atoms with Gasteiger partial charge in [0, 0.05) is 31.4 Å². The molecule has 3 aromatic rings. The Labute approximate surface area is 209 Å². The van der Waals surface area contributed by atoms with Crippen molar-refractivity contribution in [2.45, 2.75) is 26.3 Å². The van der Waals surface area contributed by atoms with Crippen LogP contribution < -0.4 is 26.1 Å². The van der Waals surface area contributed by atoms with Crippen LogP contribution in [-0.2, 0) is 4.74 Å². The van der Waals surface area contributed by atoms with Gasteiger partial charge in [0.15, 0.2) is 11.6 Å². The second kappa shape index (κ2) is 10.8. The van der Waals surface area contributed by atoms with Gasteiger partial charge in [-0.1, -0.05) is 0 Å². The van der Waals surface area contributed by atoms with Crippen LogP contribution in [0.15, 0.2) is 47.8 Å². The molecule has 11 heteroatoms. The standard InChI is InChI=1S/C25H30FN9O/c1-17-11-21(13-22(12-17)35-18(2)5-6-30-35)31-20-4-3-19(27-14-20)15-29-33-25-28-16-23(26)24(32-25)34-7-9-36-10-8-34/h3-4,11-16,18,30-31H,5-10H2,1-2H3,(H,28,32,33)/b29-15+. The van der Waals surface area contributed by atoms with Crippen molar-refractivity contribution in [2.24, 2.45) is 5.10 Å². The summed E-state index contributed by atoms with van der Waals surface area (Å²) in [7, 11) is 0. The minimum absolute atomic E-state index is 0.212. The number of nitrogens with one attached hydrogen (secondary N) is 3. The summed E-state index contributed by atoms with van der Waals surface area (Å²) in [6.07, 6.45) is 5.59. The van der Waals surface area contributed by atoms with E-state index in [0.29, 0.717) is 38.0 Å². The van der Waals surface area contributed by atoms with Gasteiger partial charge in [-0.3, -0.25) is 4.98 Å². The monoisotopic (exact) mass is 491 g/mol. The molecule has 2 aliphatic heterocycles. The Hall–Kier alpha value is -3.83. The number of ether oxygens (including phenoxy) is 1. The van der Waals surface area contributed by atoms with E-state index in [0.717, 1.165) is 36.2 Å². The SMILES string of the molecule is Cc1cc(Nc2ccc(/C=N/Nc3ncc(F)c(N4CCOCC4)n3)nc2)cc(N2NCCC2C)c1. The number of hydrogen-bond donors (Lipinski definition) is 3. The molecule has 1 unspecified atom stereocenters. The molecule has 2 aromatic heterocycles. The number of morpholine rings is 1. The third-order valence-electron chi connectivity index (χ3n) is 6.10. The minimum Gasteiger partial charge on any atom is -0.378 e. The van der Waals surface area contributed by atoms with Gasteiger partial charge in [-0.15, -0.1) is 0 Å². The van der Waals surface area contributed by atoms with Crippen molar-refractivity contribution in [3.63, 3.8) is 0 Å². The second-order valence-corrected chi connectivity index (χ2v) is 8.90. The van der Waals surface area contributed by atoms with Gasteiger partial charge >= 0.3 is 0 Å². The van der Waals surface area contributed by atoms with Gasteiger partial charge in [-0.25, -0.2) is 20.2 Å². The summed E-state index contributed by atoms with van der Waals surface area (Å²) in [6.45, 7) is 7.55. The van der Waals surface area contributed by atoms with E-state index in [9.17, 15) is 4.39 Å². The summed E-state index contributed by atoms with van der Waals surface area (Å²) < 4.78 is 19.5. The van der Waals surface area contributed by atoms with E-state index in [1.807, 2.05) is 17.0 Å². The topological polar surface area (TPSA) is 103 Å². The Bertz CT molecular complexity index is 1210. The van der Waals surface area contributed by atoms with Gasteiger partial charge in [0.1, 0.15) is 0 Å². The lowest BCUT2D eigenvalue weighted by Crippen LogP contribution is -2.37. The lowest BCUT2D eigenvalue weighted by atomic mass is 10.1. The summed E-state index contributed by atoms with van der Waals surface area (Å²) in [6, 6.07) is 10.7. The molecule has 4 heterocycles. The van der Waals surface area contributed by atoms with E-state index in [-0.39, 0.29) is 11.8 Å². The van der Waals surface area contributed by atoms with E-state index in [1.165, 1.54) is 5.56 Å². The molecule has 2 fully saturated rings. The van der Waals surface area contributed by atoms with Crippen LogP contribution in [0.2, 0.25) is 0 Å². The second-order valence-electron chi connectivity index (χ2n) is 8.90. The number of benzene rings is 1. The predicted molar refractivity (Wildman–Crippen MR) is 139 cm³/mol. The fourth-order valence-electron chi connectivity index (χ4n) is 4.29. The van der Waals surface area contributed by atoms with Crippen LogP contribution in [0.25, 0.3) is 0 Å². The molecular formula is C25H30FN9O. The molecule has 188 valence electrons. The first kappa shape index (κ1) is 23.9. The molecule has 0 radical (unpaired) electrons. The van der Waals surface area contributed by atoms with Crippen molar-refractivity contribution in [2.75, 3.05) is 53.5 Å². The van der Waals surface area contributed by atoms with Crippen molar-refractivity contribution in [3.05, 3.63) is 59.8 Å². The highest BCUT2D eigenvalue weighted by atomic mass is 19.1. The number of aromatic nitrogens is 3. The van der Waals surface area contributed by atoms with Gasteiger partial charge in [0.25, 0.3) is 0 Å². The van der Waals surface area contributed by atoms with Gasteiger partial charge in [0.05, 0.1) is 48.9 Å². The zero-order chi connectivity index (χ0) is 24.9. The molecule has 2 aliphatic rings. The molecule has 3 N–H and O–H groups in total. The largest absolute Gasteiger partial charge is 0.378 e. The number of halogens is 1. The highest BCUT2D eigenvalue weighted by Crippen LogP contribution is 2.27. The number of nitrogens with zero attached hydrogens (tertiary/aromatic N) is 6. The van der Waals surface area contributed by atoms with Crippen LogP contribution in [0, 0.1) is 12.7 Å². The molecule has 0 spiro atoms. The number of hydrazine groups is 1. The highest BCUT2D eigenvalue weighted by molar-refractivity contribution is 5.78. The molecule has 10 nitrogen and oxygen atoms in total. The van der Waals surface area contributed by atoms with Gasteiger partial charge < -0.3 is 20.0 Å². The molecule has 0 saturated carbocycles. The molecule has 1 aromatic carbocycles. The number of hydrazone groups is 1. The number of rotatable bonds is 7. The van der Waals surface area contributed by atoms with Crippen LogP contribution in [0.4, 0.5) is 33.2 Å². The molecule has 0 bridgehead atoms. The van der Waals surface area contributed by atoms with E-state index in [4.69, 9.17) is 4.74 Å². The molecular weight excluding hydrogens is 461 g/mol. The number of pyridine rings is 1. The Morgan fingerprint density at radius 1 is 1.14 bits per heavy atom. The van der Waals surface area contributed by atoms with Gasteiger partial charge in [-0.05, 0) is 56.2 Å². The first-order chi connectivity index (χ1) is 17.5. The summed E-state index contributed by atoms with van der Waals surface area (Å²) in [4.78, 5) is 14.5. The van der Waals surface area contributed by atoms with Crippen LogP contribution >= 0.6 is 0 Å². The Balaban J connectivity index is 1.21. The fourth-order valence-corrected chi connectivity index (χ4v) is 4.29. The van der Waals surface area contributed by atoms with Crippen molar-refractivity contribution in [3.8, 4) is 0 Å². The van der Waals surface area contributed by atoms with E-state index in [1.54, 1.807) is 12.4 Å². The summed E-state index contributed by atoms with van der Waals surface area (Å²) in [5.41, 5.74) is 11.0. The summed E-state index contributed by atoms with van der Waals surface area (Å²) in [5, 5.41) is 9.80. The third kappa shape index (κ3) is 5.69. The Morgan fingerprint density at radius 2 is 2.00 bits per heavy atom. The first-order valence-electron chi connectivity index (χ1n) is 12.1. The lowest BCUT2D eigenvalue weighted by Gasteiger charge is -2.27. The van der Waals surface area contributed by atoms with Crippen molar-refractivity contribution >= 4 is 35.0 Å². The average molecular weight is 492 g/mol. The predicted octanol–water partition coefficient (Wildman–Crippen LogP) is 3.45. The maximum Gasteiger partial charge on any atom is 0.245 e. The molecule has 0 amide bonds.